The zero-order chi connectivity index (χ0) is 17.3. The molecule has 1 aliphatic heterocycles. The van der Waals surface area contributed by atoms with Crippen LogP contribution in [0.2, 0.25) is 0 Å². The maximum absolute atomic E-state index is 12.8. The van der Waals surface area contributed by atoms with Crippen LogP contribution in [-0.4, -0.2) is 40.3 Å². The van der Waals surface area contributed by atoms with E-state index in [1.54, 1.807) is 9.36 Å². The van der Waals surface area contributed by atoms with E-state index >= 15 is 0 Å². The molecule has 0 saturated carbocycles. The minimum atomic E-state index is -0.196. The van der Waals surface area contributed by atoms with Crippen LogP contribution >= 0.6 is 0 Å². The fourth-order valence-electron chi connectivity index (χ4n) is 3.32. The zero-order valence-corrected chi connectivity index (χ0v) is 14.5. The van der Waals surface area contributed by atoms with E-state index in [1.165, 1.54) is 0 Å². The summed E-state index contributed by atoms with van der Waals surface area (Å²) in [6.07, 6.45) is 1.88. The first kappa shape index (κ1) is 16.5. The zero-order valence-electron chi connectivity index (χ0n) is 14.5. The van der Waals surface area contributed by atoms with Gasteiger partial charge < -0.3 is 10.2 Å². The van der Waals surface area contributed by atoms with E-state index in [1.807, 2.05) is 51.4 Å². The van der Waals surface area contributed by atoms with E-state index in [9.17, 15) is 9.59 Å². The first-order valence-electron chi connectivity index (χ1n) is 8.32. The van der Waals surface area contributed by atoms with Crippen LogP contribution in [0, 0.1) is 12.8 Å². The van der Waals surface area contributed by atoms with Crippen LogP contribution in [0.1, 0.15) is 18.5 Å². The van der Waals surface area contributed by atoms with E-state index in [-0.39, 0.29) is 17.4 Å². The lowest BCUT2D eigenvalue weighted by Gasteiger charge is -2.28. The fourth-order valence-corrected chi connectivity index (χ4v) is 3.32. The number of aromatic nitrogens is 2. The van der Waals surface area contributed by atoms with Gasteiger partial charge >= 0.3 is 0 Å². The third-order valence-corrected chi connectivity index (χ3v) is 4.80. The summed E-state index contributed by atoms with van der Waals surface area (Å²) < 4.78 is 3.36. The lowest BCUT2D eigenvalue weighted by molar-refractivity contribution is -0.121. The van der Waals surface area contributed by atoms with Crippen LogP contribution in [0.4, 0.5) is 5.69 Å². The average molecular weight is 328 g/mol. The highest BCUT2D eigenvalue weighted by molar-refractivity contribution is 5.93. The van der Waals surface area contributed by atoms with Gasteiger partial charge in [0, 0.05) is 13.6 Å². The highest BCUT2D eigenvalue weighted by Gasteiger charge is 2.26. The molecule has 6 heteroatoms. The summed E-state index contributed by atoms with van der Waals surface area (Å²) in [5.41, 5.74) is 1.71. The van der Waals surface area contributed by atoms with Gasteiger partial charge in [0.1, 0.15) is 5.69 Å². The van der Waals surface area contributed by atoms with Gasteiger partial charge in [0.15, 0.2) is 0 Å². The second-order valence-corrected chi connectivity index (χ2v) is 6.53. The number of nitrogens with one attached hydrogen (secondary N) is 1. The highest BCUT2D eigenvalue weighted by atomic mass is 16.2. The van der Waals surface area contributed by atoms with Gasteiger partial charge in [-0.3, -0.25) is 14.3 Å². The number of para-hydroxylation sites is 1. The van der Waals surface area contributed by atoms with Crippen molar-refractivity contribution >= 4 is 11.6 Å². The lowest BCUT2D eigenvalue weighted by Crippen LogP contribution is -2.39. The summed E-state index contributed by atoms with van der Waals surface area (Å²) in [7, 11) is 3.85. The number of nitrogens with zero attached hydrogens (tertiary/aromatic N) is 3. The Bertz CT molecular complexity index is 791. The largest absolute Gasteiger partial charge is 0.320 e. The molecule has 1 aromatic heterocycles. The van der Waals surface area contributed by atoms with Gasteiger partial charge in [-0.15, -0.1) is 0 Å². The second kappa shape index (κ2) is 6.65. The van der Waals surface area contributed by atoms with Crippen LogP contribution in [0.3, 0.4) is 0 Å². The molecule has 6 nitrogen and oxygen atoms in total. The van der Waals surface area contributed by atoms with Crippen LogP contribution in [0.25, 0.3) is 5.69 Å². The van der Waals surface area contributed by atoms with Gasteiger partial charge in [-0.2, -0.15) is 0 Å². The molecular weight excluding hydrogens is 304 g/mol. The Balaban J connectivity index is 1.89. The molecule has 1 aromatic carbocycles. The summed E-state index contributed by atoms with van der Waals surface area (Å²) >= 11 is 0. The van der Waals surface area contributed by atoms with Crippen molar-refractivity contribution in [3.8, 4) is 5.69 Å². The van der Waals surface area contributed by atoms with Crippen molar-refractivity contribution < 1.29 is 4.79 Å². The van der Waals surface area contributed by atoms with Crippen molar-refractivity contribution in [2.24, 2.45) is 13.0 Å². The average Bonchev–Trinajstić information content (AvgIpc) is 2.79. The molecule has 1 fully saturated rings. The molecule has 1 atom stereocenters. The maximum atomic E-state index is 12.8. The third kappa shape index (κ3) is 3.01. The summed E-state index contributed by atoms with van der Waals surface area (Å²) in [4.78, 5) is 27.6. The Labute approximate surface area is 141 Å². The molecule has 0 unspecified atom stereocenters. The number of hydrogen-bond acceptors (Lipinski definition) is 3. The van der Waals surface area contributed by atoms with Gasteiger partial charge in [0.05, 0.1) is 17.3 Å². The number of likely N-dealkylation sites (tertiary alicyclic amines) is 1. The van der Waals surface area contributed by atoms with E-state index < -0.39 is 0 Å². The number of hydrogen-bond donors (Lipinski definition) is 1. The third-order valence-electron chi connectivity index (χ3n) is 4.80. The molecule has 2 heterocycles. The predicted octanol–water partition coefficient (Wildman–Crippen LogP) is 1.76. The van der Waals surface area contributed by atoms with Crippen molar-refractivity contribution in [2.75, 3.05) is 25.5 Å². The Morgan fingerprint density at radius 3 is 2.58 bits per heavy atom. The Kier molecular flexibility index (Phi) is 4.57. The van der Waals surface area contributed by atoms with Crippen LogP contribution in [0.5, 0.6) is 0 Å². The normalized spacial score (nSPS) is 18.5. The predicted molar refractivity (Wildman–Crippen MR) is 94.6 cm³/mol. The van der Waals surface area contributed by atoms with Gasteiger partial charge in [-0.1, -0.05) is 18.2 Å². The number of anilines is 1. The molecule has 2 aromatic rings. The number of benzene rings is 1. The smallest absolute Gasteiger partial charge is 0.295 e. The molecule has 0 spiro atoms. The molecule has 24 heavy (non-hydrogen) atoms. The van der Waals surface area contributed by atoms with Crippen LogP contribution in [0.15, 0.2) is 35.1 Å². The van der Waals surface area contributed by atoms with Gasteiger partial charge in [-0.05, 0) is 45.5 Å². The van der Waals surface area contributed by atoms with Crippen molar-refractivity contribution in [3.05, 3.63) is 46.4 Å². The Hall–Kier alpha value is -2.34. The van der Waals surface area contributed by atoms with E-state index in [0.717, 1.165) is 37.3 Å². The number of carbonyl (C=O) groups excluding carboxylic acids is 1. The molecule has 1 saturated heterocycles. The Morgan fingerprint density at radius 1 is 1.21 bits per heavy atom. The topological polar surface area (TPSA) is 59.3 Å². The van der Waals surface area contributed by atoms with E-state index in [0.29, 0.717) is 5.69 Å². The minimum absolute atomic E-state index is 0.0621. The number of carbonyl (C=O) groups is 1. The van der Waals surface area contributed by atoms with Crippen LogP contribution < -0.4 is 10.9 Å². The molecule has 1 aliphatic rings. The standard InChI is InChI=1S/C18H24N4O2/c1-13-16(19-17(23)14-8-7-11-20(2)12-14)18(24)22(21(13)3)15-9-5-4-6-10-15/h4-6,9-10,14H,7-8,11-12H2,1-3H3,(H,19,23)/t14-/m0/s1. The van der Waals surface area contributed by atoms with Crippen molar-refractivity contribution in [3.63, 3.8) is 0 Å². The molecule has 3 rings (SSSR count). The first-order chi connectivity index (χ1) is 11.5. The second-order valence-electron chi connectivity index (χ2n) is 6.53. The number of rotatable bonds is 3. The lowest BCUT2D eigenvalue weighted by atomic mass is 9.97. The maximum Gasteiger partial charge on any atom is 0.295 e. The molecular formula is C18H24N4O2. The summed E-state index contributed by atoms with van der Waals surface area (Å²) in [6, 6.07) is 9.44. The van der Waals surface area contributed by atoms with Crippen molar-refractivity contribution in [1.82, 2.24) is 14.3 Å². The van der Waals surface area contributed by atoms with Crippen molar-refractivity contribution in [1.29, 1.82) is 0 Å². The first-order valence-corrected chi connectivity index (χ1v) is 8.32. The molecule has 0 radical (unpaired) electrons. The fraction of sp³-hybridized carbons (Fsp3) is 0.444. The van der Waals surface area contributed by atoms with E-state index in [2.05, 4.69) is 10.2 Å². The van der Waals surface area contributed by atoms with Crippen molar-refractivity contribution in [2.45, 2.75) is 19.8 Å². The van der Waals surface area contributed by atoms with Gasteiger partial charge in [0.25, 0.3) is 5.56 Å². The molecule has 1 amide bonds. The summed E-state index contributed by atoms with van der Waals surface area (Å²) in [6.45, 7) is 3.61. The van der Waals surface area contributed by atoms with E-state index in [4.69, 9.17) is 0 Å². The number of piperidine rings is 1. The highest BCUT2D eigenvalue weighted by Crippen LogP contribution is 2.19. The molecule has 1 N–H and O–H groups in total. The SMILES string of the molecule is Cc1c(NC(=O)[C@H]2CCCN(C)C2)c(=O)n(-c2ccccc2)n1C. The molecule has 0 bridgehead atoms. The van der Waals surface area contributed by atoms with Gasteiger partial charge in [0.2, 0.25) is 5.91 Å². The quantitative estimate of drug-likeness (QED) is 0.934. The van der Waals surface area contributed by atoms with Gasteiger partial charge in [-0.25, -0.2) is 4.68 Å². The molecule has 0 aliphatic carbocycles. The Morgan fingerprint density at radius 2 is 1.92 bits per heavy atom. The minimum Gasteiger partial charge on any atom is -0.320 e. The summed E-state index contributed by atoms with van der Waals surface area (Å²) in [5, 5.41) is 2.88. The van der Waals surface area contributed by atoms with Crippen LogP contribution in [-0.2, 0) is 11.8 Å². The number of amides is 1. The monoisotopic (exact) mass is 328 g/mol. The molecule has 128 valence electrons. The summed E-state index contributed by atoms with van der Waals surface area (Å²) in [5.74, 6) is -0.125.